The molecule has 4 N–H and O–H groups in total. The van der Waals surface area contributed by atoms with Crippen molar-refractivity contribution in [3.63, 3.8) is 0 Å². The van der Waals surface area contributed by atoms with Crippen LogP contribution in [0.4, 0.5) is 5.69 Å². The zero-order valence-electron chi connectivity index (χ0n) is 7.40. The number of carbonyl (C=O) groups is 1. The molecule has 0 fully saturated rings. The SMILES string of the molecule is N#C/C(=C\c1ccc(N)cc1)C(N)=O. The van der Waals surface area contributed by atoms with Crippen LogP contribution in [0.3, 0.4) is 0 Å². The first kappa shape index (κ1) is 9.81. The summed E-state index contributed by atoms with van der Waals surface area (Å²) in [4.78, 5) is 10.7. The van der Waals surface area contributed by atoms with Crippen molar-refractivity contribution in [3.8, 4) is 6.07 Å². The van der Waals surface area contributed by atoms with Crippen LogP contribution < -0.4 is 11.5 Å². The largest absolute Gasteiger partial charge is 0.399 e. The fraction of sp³-hybridized carbons (Fsp3) is 0. The summed E-state index contributed by atoms with van der Waals surface area (Å²) in [7, 11) is 0. The van der Waals surface area contributed by atoms with Crippen LogP contribution in [0.2, 0.25) is 0 Å². The van der Waals surface area contributed by atoms with E-state index in [1.807, 2.05) is 0 Å². The molecule has 0 aliphatic heterocycles. The van der Waals surface area contributed by atoms with Crippen LogP contribution in [-0.4, -0.2) is 5.91 Å². The number of nitrogens with zero attached hydrogens (tertiary/aromatic N) is 1. The molecule has 4 nitrogen and oxygen atoms in total. The molecular weight excluding hydrogens is 178 g/mol. The molecule has 0 atom stereocenters. The van der Waals surface area contributed by atoms with Gasteiger partial charge in [-0.2, -0.15) is 5.26 Å². The molecule has 1 rings (SSSR count). The summed E-state index contributed by atoms with van der Waals surface area (Å²) in [6.45, 7) is 0. The quantitative estimate of drug-likeness (QED) is 0.404. The summed E-state index contributed by atoms with van der Waals surface area (Å²) in [5.74, 6) is -0.732. The van der Waals surface area contributed by atoms with E-state index in [-0.39, 0.29) is 5.57 Å². The maximum Gasteiger partial charge on any atom is 0.259 e. The molecule has 1 aromatic rings. The predicted molar refractivity (Wildman–Crippen MR) is 53.6 cm³/mol. The van der Waals surface area contributed by atoms with Crippen LogP contribution in [0.15, 0.2) is 29.8 Å². The molecule has 70 valence electrons. The number of nitriles is 1. The summed E-state index contributed by atoms with van der Waals surface area (Å²) in [5.41, 5.74) is 11.7. The molecule has 0 spiro atoms. The lowest BCUT2D eigenvalue weighted by Gasteiger charge is -1.95. The molecule has 1 aromatic carbocycles. The number of amides is 1. The van der Waals surface area contributed by atoms with Gasteiger partial charge in [0.2, 0.25) is 0 Å². The normalized spacial score (nSPS) is 10.6. The topological polar surface area (TPSA) is 92.9 Å². The van der Waals surface area contributed by atoms with Gasteiger partial charge in [-0.3, -0.25) is 4.79 Å². The van der Waals surface area contributed by atoms with Crippen molar-refractivity contribution >= 4 is 17.7 Å². The van der Waals surface area contributed by atoms with Gasteiger partial charge in [0, 0.05) is 5.69 Å². The number of hydrogen-bond acceptors (Lipinski definition) is 3. The highest BCUT2D eigenvalue weighted by molar-refractivity contribution is 6.00. The zero-order valence-corrected chi connectivity index (χ0v) is 7.40. The molecule has 0 heterocycles. The van der Waals surface area contributed by atoms with Crippen molar-refractivity contribution in [2.75, 3.05) is 5.73 Å². The molecule has 4 heteroatoms. The lowest BCUT2D eigenvalue weighted by Crippen LogP contribution is -2.12. The van der Waals surface area contributed by atoms with E-state index in [2.05, 4.69) is 0 Å². The first-order chi connectivity index (χ1) is 6.63. The van der Waals surface area contributed by atoms with Gasteiger partial charge >= 0.3 is 0 Å². The minimum atomic E-state index is -0.732. The van der Waals surface area contributed by atoms with Crippen LogP contribution in [0.1, 0.15) is 5.56 Å². The number of primary amides is 1. The predicted octanol–water partition coefficient (Wildman–Crippen LogP) is 0.661. The second-order valence-electron chi connectivity index (χ2n) is 2.70. The van der Waals surface area contributed by atoms with Gasteiger partial charge < -0.3 is 11.5 Å². The average molecular weight is 187 g/mol. The third-order valence-corrected chi connectivity index (χ3v) is 1.63. The second-order valence-corrected chi connectivity index (χ2v) is 2.70. The minimum Gasteiger partial charge on any atom is -0.399 e. The lowest BCUT2D eigenvalue weighted by atomic mass is 10.1. The van der Waals surface area contributed by atoms with Crippen LogP contribution in [-0.2, 0) is 4.79 Å². The fourth-order valence-corrected chi connectivity index (χ4v) is 0.917. The van der Waals surface area contributed by atoms with Crippen LogP contribution in [0.5, 0.6) is 0 Å². The summed E-state index contributed by atoms with van der Waals surface area (Å²) in [6.07, 6.45) is 1.42. The molecule has 0 aliphatic rings. The fourth-order valence-electron chi connectivity index (χ4n) is 0.917. The average Bonchev–Trinajstić information content (AvgIpc) is 2.16. The van der Waals surface area contributed by atoms with Crippen molar-refractivity contribution in [1.82, 2.24) is 0 Å². The van der Waals surface area contributed by atoms with Crippen molar-refractivity contribution in [2.24, 2.45) is 5.73 Å². The molecule has 0 radical (unpaired) electrons. The molecule has 0 aliphatic carbocycles. The summed E-state index contributed by atoms with van der Waals surface area (Å²) < 4.78 is 0. The zero-order chi connectivity index (χ0) is 10.6. The Hall–Kier alpha value is -2.28. The first-order valence-electron chi connectivity index (χ1n) is 3.90. The van der Waals surface area contributed by atoms with E-state index in [1.165, 1.54) is 6.08 Å². The highest BCUT2D eigenvalue weighted by Gasteiger charge is 2.02. The van der Waals surface area contributed by atoms with Crippen LogP contribution in [0, 0.1) is 11.3 Å². The molecular formula is C10H9N3O. The molecule has 0 aromatic heterocycles. The van der Waals surface area contributed by atoms with E-state index in [4.69, 9.17) is 16.7 Å². The van der Waals surface area contributed by atoms with Crippen molar-refractivity contribution < 1.29 is 4.79 Å². The summed E-state index contributed by atoms with van der Waals surface area (Å²) in [5, 5.41) is 8.57. The Morgan fingerprint density at radius 1 is 1.36 bits per heavy atom. The highest BCUT2D eigenvalue weighted by Crippen LogP contribution is 2.09. The van der Waals surface area contributed by atoms with E-state index in [0.29, 0.717) is 5.69 Å². The Balaban J connectivity index is 3.03. The van der Waals surface area contributed by atoms with Gasteiger partial charge in [-0.05, 0) is 23.8 Å². The minimum absolute atomic E-state index is 0.0743. The van der Waals surface area contributed by atoms with E-state index in [0.717, 1.165) is 5.56 Å². The van der Waals surface area contributed by atoms with Crippen molar-refractivity contribution in [2.45, 2.75) is 0 Å². The number of nitrogens with two attached hydrogens (primary N) is 2. The van der Waals surface area contributed by atoms with E-state index in [1.54, 1.807) is 30.3 Å². The summed E-state index contributed by atoms with van der Waals surface area (Å²) >= 11 is 0. The number of carbonyl (C=O) groups excluding carboxylic acids is 1. The van der Waals surface area contributed by atoms with Gasteiger partial charge in [0.15, 0.2) is 0 Å². The number of benzene rings is 1. The van der Waals surface area contributed by atoms with Crippen LogP contribution >= 0.6 is 0 Å². The third kappa shape index (κ3) is 2.35. The van der Waals surface area contributed by atoms with E-state index < -0.39 is 5.91 Å². The van der Waals surface area contributed by atoms with Gasteiger partial charge in [0.1, 0.15) is 11.6 Å². The maximum atomic E-state index is 10.7. The van der Waals surface area contributed by atoms with Gasteiger partial charge in [-0.25, -0.2) is 0 Å². The van der Waals surface area contributed by atoms with Gasteiger partial charge in [0.25, 0.3) is 5.91 Å². The molecule has 1 amide bonds. The second kappa shape index (κ2) is 4.10. The van der Waals surface area contributed by atoms with Crippen molar-refractivity contribution in [3.05, 3.63) is 35.4 Å². The first-order valence-corrected chi connectivity index (χ1v) is 3.90. The molecule has 0 unspecified atom stereocenters. The molecule has 0 saturated carbocycles. The Morgan fingerprint density at radius 3 is 2.36 bits per heavy atom. The molecule has 14 heavy (non-hydrogen) atoms. The lowest BCUT2D eigenvalue weighted by molar-refractivity contribution is -0.114. The van der Waals surface area contributed by atoms with Gasteiger partial charge in [-0.15, -0.1) is 0 Å². The standard InChI is InChI=1S/C10H9N3O/c11-6-8(10(13)14)5-7-1-3-9(12)4-2-7/h1-5H,12H2,(H2,13,14)/b8-5+. The molecule has 0 bridgehead atoms. The Bertz CT molecular complexity index is 412. The molecule has 0 saturated heterocycles. The van der Waals surface area contributed by atoms with E-state index >= 15 is 0 Å². The highest BCUT2D eigenvalue weighted by atomic mass is 16.1. The van der Waals surface area contributed by atoms with Gasteiger partial charge in [-0.1, -0.05) is 12.1 Å². The third-order valence-electron chi connectivity index (χ3n) is 1.63. The van der Waals surface area contributed by atoms with Gasteiger partial charge in [0.05, 0.1) is 0 Å². The van der Waals surface area contributed by atoms with Crippen LogP contribution in [0.25, 0.3) is 6.08 Å². The number of nitrogen functional groups attached to an aromatic ring is 1. The van der Waals surface area contributed by atoms with Crippen molar-refractivity contribution in [1.29, 1.82) is 5.26 Å². The maximum absolute atomic E-state index is 10.7. The number of rotatable bonds is 2. The Kier molecular flexibility index (Phi) is 2.87. The number of anilines is 1. The van der Waals surface area contributed by atoms with E-state index in [9.17, 15) is 4.79 Å². The Morgan fingerprint density at radius 2 is 1.93 bits per heavy atom. The summed E-state index contributed by atoms with van der Waals surface area (Å²) in [6, 6.07) is 8.49. The monoisotopic (exact) mass is 187 g/mol. The Labute approximate surface area is 81.4 Å². The number of hydrogen-bond donors (Lipinski definition) is 2. The smallest absolute Gasteiger partial charge is 0.259 e.